The van der Waals surface area contributed by atoms with Gasteiger partial charge in [0.15, 0.2) is 0 Å². The number of carbonyl (C=O) groups is 3. The fraction of sp³-hybridized carbons (Fsp3) is 0.343. The number of carboxylic acid groups (broad SMARTS) is 1. The molecule has 15 nitrogen and oxygen atoms in total. The topological polar surface area (TPSA) is 214 Å². The number of ether oxygens (including phenoxy) is 1. The third kappa shape index (κ3) is 16.2. The van der Waals surface area contributed by atoms with Gasteiger partial charge in [-0.25, -0.2) is 28.1 Å². The van der Waals surface area contributed by atoms with Crippen molar-refractivity contribution in [1.82, 2.24) is 24.9 Å². The monoisotopic (exact) mass is 1360 g/mol. The van der Waals surface area contributed by atoms with E-state index in [-0.39, 0.29) is 43.4 Å². The molecule has 8 aromatic rings. The fourth-order valence-electron chi connectivity index (χ4n) is 10.7. The van der Waals surface area contributed by atoms with E-state index in [1.165, 1.54) is 73.5 Å². The molecule has 0 atom stereocenters. The van der Waals surface area contributed by atoms with Crippen LogP contribution in [0.15, 0.2) is 173 Å². The van der Waals surface area contributed by atoms with Crippen molar-refractivity contribution in [3.05, 3.63) is 219 Å². The van der Waals surface area contributed by atoms with Crippen molar-refractivity contribution in [2.75, 3.05) is 29.6 Å². The lowest BCUT2D eigenvalue weighted by atomic mass is 9.63. The van der Waals surface area contributed by atoms with Crippen LogP contribution in [0.1, 0.15) is 139 Å². The number of pyridine rings is 5. The lowest BCUT2D eigenvalue weighted by molar-refractivity contribution is -0.147. The maximum atomic E-state index is 13.1. The van der Waals surface area contributed by atoms with Crippen LogP contribution in [0.3, 0.4) is 0 Å². The Hall–Kier alpha value is -7.69. The predicted molar refractivity (Wildman–Crippen MR) is 354 cm³/mol. The van der Waals surface area contributed by atoms with Crippen LogP contribution in [0.2, 0.25) is 0 Å². The SMILES string of the molecule is C.CC1(C)OB(c2ccc(C3CC3)nc2)OC1(C)C.Nc1ccc(F)cn1.O=C(Nc1ccc(F)cn1)C1(c2ccc(-c3ccc(C4CC4)nc3)cc2)CCC1.O=C(Nc1ccc(F)cn1)C1(c2ccc(Br)cc2)COC1.O=C(O)C1(c2ccc(Br)cc2)CCC1. The summed E-state index contributed by atoms with van der Waals surface area (Å²) >= 11 is 6.71. The third-order valence-electron chi connectivity index (χ3n) is 17.8. The van der Waals surface area contributed by atoms with Crippen molar-refractivity contribution >= 4 is 79.7 Å². The summed E-state index contributed by atoms with van der Waals surface area (Å²) in [6, 6.07) is 40.0. The first-order valence-corrected chi connectivity index (χ1v) is 31.6. The van der Waals surface area contributed by atoms with Gasteiger partial charge in [-0.05, 0) is 174 Å². The van der Waals surface area contributed by atoms with Crippen LogP contribution in [0.4, 0.5) is 30.6 Å². The number of hydrogen-bond donors (Lipinski definition) is 4. The van der Waals surface area contributed by atoms with Crippen molar-refractivity contribution in [1.29, 1.82) is 0 Å². The molecule has 5 aromatic heterocycles. The summed E-state index contributed by atoms with van der Waals surface area (Å²) in [6.45, 7) is 8.92. The Morgan fingerprint density at radius 2 is 0.934 bits per heavy atom. The Bertz CT molecular complexity index is 3710. The minimum Gasteiger partial charge on any atom is -0.481 e. The minimum absolute atomic E-state index is 0. The first kappa shape index (κ1) is 67.7. The summed E-state index contributed by atoms with van der Waals surface area (Å²) in [5.74, 6) is 0.194. The summed E-state index contributed by atoms with van der Waals surface area (Å²) in [5.41, 5.74) is 11.1. The Morgan fingerprint density at radius 1 is 0.516 bits per heavy atom. The second kappa shape index (κ2) is 28.9. The van der Waals surface area contributed by atoms with Crippen molar-refractivity contribution in [2.24, 2.45) is 0 Å². The van der Waals surface area contributed by atoms with Gasteiger partial charge in [-0.1, -0.05) is 113 Å². The molecule has 0 unspecified atom stereocenters. The summed E-state index contributed by atoms with van der Waals surface area (Å²) < 4.78 is 57.1. The number of aliphatic carboxylic acids is 1. The number of nitrogens with one attached hydrogen (secondary N) is 2. The highest BCUT2D eigenvalue weighted by Crippen LogP contribution is 2.47. The minimum atomic E-state index is -0.712. The van der Waals surface area contributed by atoms with Crippen LogP contribution in [0, 0.1) is 17.5 Å². The smallest absolute Gasteiger partial charge is 0.481 e. The average Bonchev–Trinajstić information content (AvgIpc) is 1.79. The summed E-state index contributed by atoms with van der Waals surface area (Å²) in [4.78, 5) is 57.1. The molecule has 6 fully saturated rings. The number of anilines is 3. The van der Waals surface area contributed by atoms with E-state index in [0.717, 1.165) is 99.3 Å². The molecule has 474 valence electrons. The number of aromatic nitrogens is 5. The number of rotatable bonds is 12. The molecule has 0 radical (unpaired) electrons. The Kier molecular flexibility index (Phi) is 21.5. The van der Waals surface area contributed by atoms with E-state index < -0.39 is 33.8 Å². The van der Waals surface area contributed by atoms with Crippen LogP contribution < -0.4 is 21.8 Å². The molecule has 4 saturated carbocycles. The van der Waals surface area contributed by atoms with Crippen molar-refractivity contribution in [3.8, 4) is 11.1 Å². The Balaban J connectivity index is 0.000000141. The third-order valence-corrected chi connectivity index (χ3v) is 18.8. The van der Waals surface area contributed by atoms with Gasteiger partial charge in [0, 0.05) is 55.6 Å². The highest BCUT2D eigenvalue weighted by molar-refractivity contribution is 9.10. The van der Waals surface area contributed by atoms with Gasteiger partial charge in [0.1, 0.15) is 40.3 Å². The predicted octanol–water partition coefficient (Wildman–Crippen LogP) is 14.8. The Morgan fingerprint density at radius 3 is 1.29 bits per heavy atom. The molecule has 2 aliphatic heterocycles. The number of nitrogens with zero attached hydrogens (tertiary/aromatic N) is 5. The molecule has 2 saturated heterocycles. The highest BCUT2D eigenvalue weighted by Gasteiger charge is 2.52. The van der Waals surface area contributed by atoms with Crippen molar-refractivity contribution < 1.29 is 46.7 Å². The summed E-state index contributed by atoms with van der Waals surface area (Å²) in [6.07, 6.45) is 17.3. The molecule has 5 N–H and O–H groups in total. The maximum Gasteiger partial charge on any atom is 0.496 e. The summed E-state index contributed by atoms with van der Waals surface area (Å²) in [5, 5.41) is 14.8. The van der Waals surface area contributed by atoms with Gasteiger partial charge in [-0.3, -0.25) is 24.4 Å². The van der Waals surface area contributed by atoms with Gasteiger partial charge in [0.2, 0.25) is 11.8 Å². The second-order valence-electron chi connectivity index (χ2n) is 24.5. The van der Waals surface area contributed by atoms with E-state index in [4.69, 9.17) is 19.8 Å². The van der Waals surface area contributed by atoms with Crippen LogP contribution in [0.5, 0.6) is 0 Å². The highest BCUT2D eigenvalue weighted by atomic mass is 79.9. The van der Waals surface area contributed by atoms with Crippen LogP contribution in [-0.2, 0) is 44.7 Å². The fourth-order valence-corrected chi connectivity index (χ4v) is 11.2. The number of hydrogen-bond acceptors (Lipinski definition) is 12. The van der Waals surface area contributed by atoms with E-state index in [0.29, 0.717) is 42.5 Å². The zero-order valence-corrected chi connectivity index (χ0v) is 53.6. The zero-order valence-electron chi connectivity index (χ0n) is 50.4. The molecular formula is C70H74BBr2F3N8O7. The first-order valence-electron chi connectivity index (χ1n) is 30.0. The van der Waals surface area contributed by atoms with Gasteiger partial charge in [-0.2, -0.15) is 0 Å². The van der Waals surface area contributed by atoms with Gasteiger partial charge in [-0.15, -0.1) is 0 Å². The van der Waals surface area contributed by atoms with Crippen LogP contribution in [0.25, 0.3) is 11.1 Å². The number of carboxylic acids is 1. The molecule has 6 aliphatic rings. The van der Waals surface area contributed by atoms with Gasteiger partial charge < -0.3 is 35.5 Å². The van der Waals surface area contributed by atoms with Gasteiger partial charge in [0.25, 0.3) is 0 Å². The molecule has 7 heterocycles. The lowest BCUT2D eigenvalue weighted by Gasteiger charge is -2.40. The number of nitrogen functional groups attached to an aromatic ring is 1. The molecule has 0 spiro atoms. The van der Waals surface area contributed by atoms with Crippen LogP contribution in [-0.4, -0.2) is 79.3 Å². The maximum absolute atomic E-state index is 13.1. The first-order chi connectivity index (χ1) is 43.1. The molecule has 4 aliphatic carbocycles. The van der Waals surface area contributed by atoms with E-state index >= 15 is 0 Å². The number of carbonyl (C=O) groups excluding carboxylic acids is 2. The van der Waals surface area contributed by atoms with Crippen LogP contribution >= 0.6 is 31.9 Å². The quantitative estimate of drug-likeness (QED) is 0.0839. The molecule has 3 aromatic carbocycles. The molecular weight excluding hydrogens is 1290 g/mol. The molecule has 2 amide bonds. The average molecular weight is 1370 g/mol. The van der Waals surface area contributed by atoms with Gasteiger partial charge >= 0.3 is 13.1 Å². The molecule has 21 heteroatoms. The molecule has 91 heavy (non-hydrogen) atoms. The number of halogens is 5. The second-order valence-corrected chi connectivity index (χ2v) is 26.3. The lowest BCUT2D eigenvalue weighted by Crippen LogP contribution is -2.55. The molecule has 0 bridgehead atoms. The van der Waals surface area contributed by atoms with E-state index in [1.807, 2.05) is 73.1 Å². The number of benzene rings is 3. The number of nitrogens with two attached hydrogens (primary N) is 1. The van der Waals surface area contributed by atoms with E-state index in [2.05, 4.69) is 132 Å². The van der Waals surface area contributed by atoms with E-state index in [9.17, 15) is 32.7 Å². The van der Waals surface area contributed by atoms with Crippen molar-refractivity contribution in [2.45, 2.75) is 139 Å². The summed E-state index contributed by atoms with van der Waals surface area (Å²) in [7, 11) is -0.296. The van der Waals surface area contributed by atoms with E-state index in [1.54, 1.807) is 0 Å². The Labute approximate surface area is 546 Å². The number of amides is 2. The standard InChI is InChI=1S/C24H22FN3O.C15H12BrFN2O2.C14H20BNO2.C11H11BrO2.C5H5FN2.CH4/c25-20-9-11-22(27-15-20)28-23(29)24(12-1-13-24)19-7-4-16(5-8-19)18-6-10-21(26-14-18)17-2-3-17;16-11-3-1-10(2-4-11)15(8-21-9-15)14(20)19-13-6-5-12(17)7-18-13;1-13(2)14(3,4)18-15(17-13)11-7-8-12(16-9-11)10-5-6-10;12-9-4-2-8(3-5-9)11(10(13)14)6-1-7-11;6-4-1-2-5(7)8-3-4;/h4-11,14-15,17H,1-3,12-13H2,(H,27,28,29);1-7H,8-9H2,(H,18,19,20);7-10H,5-6H2,1-4H3;2-5H,1,6-7H2,(H,13,14);1-3H,(H2,7,8);1H4. The molecule has 14 rings (SSSR count). The largest absolute Gasteiger partial charge is 0.496 e. The normalized spacial score (nSPS) is 18.0. The van der Waals surface area contributed by atoms with Crippen molar-refractivity contribution in [3.63, 3.8) is 0 Å². The zero-order chi connectivity index (χ0) is 63.8. The van der Waals surface area contributed by atoms with Gasteiger partial charge in [0.05, 0.1) is 53.8 Å².